The van der Waals surface area contributed by atoms with Gasteiger partial charge in [-0.25, -0.2) is 14.2 Å². The molecule has 1 N–H and O–H groups in total. The lowest BCUT2D eigenvalue weighted by molar-refractivity contribution is -0.120. The topological polar surface area (TPSA) is 84.4 Å². The number of carbonyl (C=O) groups is 2. The van der Waals surface area contributed by atoms with E-state index in [9.17, 15) is 14.0 Å². The highest BCUT2D eigenvalue weighted by molar-refractivity contribution is 5.96. The number of anilines is 1. The second kappa shape index (κ2) is 9.77. The molecule has 0 aliphatic rings. The summed E-state index contributed by atoms with van der Waals surface area (Å²) >= 11 is 0. The zero-order valence-corrected chi connectivity index (χ0v) is 19.3. The molecule has 0 saturated carbocycles. The number of hydrogen-bond acceptors (Lipinski definition) is 5. The Labute approximate surface area is 192 Å². The summed E-state index contributed by atoms with van der Waals surface area (Å²) in [4.78, 5) is 34.9. The second-order valence-corrected chi connectivity index (χ2v) is 8.64. The van der Waals surface area contributed by atoms with E-state index in [1.54, 1.807) is 39.8 Å². The molecule has 33 heavy (non-hydrogen) atoms. The van der Waals surface area contributed by atoms with Crippen molar-refractivity contribution in [3.63, 3.8) is 0 Å². The maximum Gasteiger partial charge on any atom is 0.410 e. The SMILES string of the molecule is CC(C(=O)Nc1cc(-c2cncc(F)c2)cc(-c2ccccc2)n1)N(C)C(=O)OC(C)(C)C. The molecule has 3 aromatic rings. The average Bonchev–Trinajstić information content (AvgIpc) is 2.77. The number of hydrogen-bond donors (Lipinski definition) is 1. The van der Waals surface area contributed by atoms with Crippen LogP contribution in [0.1, 0.15) is 27.7 Å². The van der Waals surface area contributed by atoms with E-state index in [2.05, 4.69) is 15.3 Å². The number of amides is 2. The van der Waals surface area contributed by atoms with E-state index in [1.165, 1.54) is 24.2 Å². The van der Waals surface area contributed by atoms with Crippen LogP contribution in [0.2, 0.25) is 0 Å². The molecule has 0 fully saturated rings. The Bertz CT molecular complexity index is 1150. The third-order valence-corrected chi connectivity index (χ3v) is 4.83. The summed E-state index contributed by atoms with van der Waals surface area (Å²) in [5.41, 5.74) is 1.93. The first-order valence-corrected chi connectivity index (χ1v) is 10.5. The summed E-state index contributed by atoms with van der Waals surface area (Å²) in [6, 6.07) is 13.4. The molecule has 0 aliphatic carbocycles. The van der Waals surface area contributed by atoms with Crippen molar-refractivity contribution in [2.75, 3.05) is 12.4 Å². The normalized spacial score (nSPS) is 12.1. The monoisotopic (exact) mass is 450 g/mol. The van der Waals surface area contributed by atoms with Crippen molar-refractivity contribution in [1.82, 2.24) is 14.9 Å². The van der Waals surface area contributed by atoms with Gasteiger partial charge in [0, 0.05) is 24.4 Å². The fourth-order valence-electron chi connectivity index (χ4n) is 2.99. The van der Waals surface area contributed by atoms with Gasteiger partial charge in [0.25, 0.3) is 0 Å². The maximum absolute atomic E-state index is 13.8. The van der Waals surface area contributed by atoms with E-state index >= 15 is 0 Å². The van der Waals surface area contributed by atoms with Gasteiger partial charge in [-0.05, 0) is 51.5 Å². The van der Waals surface area contributed by atoms with Crippen LogP contribution in [0.5, 0.6) is 0 Å². The Balaban J connectivity index is 1.91. The molecule has 172 valence electrons. The van der Waals surface area contributed by atoms with Crippen LogP contribution < -0.4 is 5.32 Å². The number of rotatable bonds is 5. The minimum Gasteiger partial charge on any atom is -0.444 e. The number of benzene rings is 1. The molecule has 2 heterocycles. The average molecular weight is 451 g/mol. The zero-order valence-electron chi connectivity index (χ0n) is 19.3. The molecule has 1 atom stereocenters. The molecule has 1 aromatic carbocycles. The van der Waals surface area contributed by atoms with Gasteiger partial charge in [0.1, 0.15) is 23.3 Å². The van der Waals surface area contributed by atoms with Crippen LogP contribution in [0.3, 0.4) is 0 Å². The van der Waals surface area contributed by atoms with Gasteiger partial charge in [-0.1, -0.05) is 30.3 Å². The number of nitrogens with one attached hydrogen (secondary N) is 1. The van der Waals surface area contributed by atoms with Crippen molar-refractivity contribution >= 4 is 17.8 Å². The van der Waals surface area contributed by atoms with Gasteiger partial charge in [0.2, 0.25) is 5.91 Å². The van der Waals surface area contributed by atoms with Crippen LogP contribution in [0.15, 0.2) is 60.9 Å². The molecule has 0 radical (unpaired) electrons. The van der Waals surface area contributed by atoms with Gasteiger partial charge in [-0.2, -0.15) is 0 Å². The van der Waals surface area contributed by atoms with Crippen molar-refractivity contribution in [1.29, 1.82) is 0 Å². The quantitative estimate of drug-likeness (QED) is 0.582. The van der Waals surface area contributed by atoms with E-state index in [4.69, 9.17) is 4.74 Å². The van der Waals surface area contributed by atoms with Crippen molar-refractivity contribution in [2.45, 2.75) is 39.3 Å². The van der Waals surface area contributed by atoms with Crippen molar-refractivity contribution in [2.24, 2.45) is 0 Å². The van der Waals surface area contributed by atoms with Crippen LogP contribution in [0, 0.1) is 5.82 Å². The molecule has 0 saturated heterocycles. The summed E-state index contributed by atoms with van der Waals surface area (Å²) in [6.45, 7) is 6.86. The molecule has 0 aliphatic heterocycles. The molecule has 1 unspecified atom stereocenters. The van der Waals surface area contributed by atoms with Crippen LogP contribution >= 0.6 is 0 Å². The standard InChI is InChI=1S/C25H27FN4O3/c1-16(30(5)24(32)33-25(2,3)4)23(31)29-22-13-18(19-11-20(26)15-27-14-19)12-21(28-22)17-9-7-6-8-10-17/h6-16H,1-5H3,(H,28,29,31). The van der Waals surface area contributed by atoms with Gasteiger partial charge in [0.15, 0.2) is 0 Å². The van der Waals surface area contributed by atoms with E-state index in [1.807, 2.05) is 30.3 Å². The van der Waals surface area contributed by atoms with E-state index in [0.29, 0.717) is 16.8 Å². The number of carbonyl (C=O) groups excluding carboxylic acids is 2. The minimum absolute atomic E-state index is 0.269. The fraction of sp³-hybridized carbons (Fsp3) is 0.280. The first-order valence-electron chi connectivity index (χ1n) is 10.5. The summed E-state index contributed by atoms with van der Waals surface area (Å²) in [6.07, 6.45) is 2.06. The summed E-state index contributed by atoms with van der Waals surface area (Å²) in [5, 5.41) is 2.76. The first-order chi connectivity index (χ1) is 15.5. The number of halogens is 1. The number of likely N-dealkylation sites (N-methyl/N-ethyl adjacent to an activating group) is 1. The number of pyridine rings is 2. The highest BCUT2D eigenvalue weighted by Crippen LogP contribution is 2.28. The first kappa shape index (κ1) is 23.8. The Kier molecular flexibility index (Phi) is 7.06. The number of ether oxygens (including phenoxy) is 1. The van der Waals surface area contributed by atoms with Crippen LogP contribution in [-0.2, 0) is 9.53 Å². The summed E-state index contributed by atoms with van der Waals surface area (Å²) in [7, 11) is 1.50. The van der Waals surface area contributed by atoms with E-state index in [0.717, 1.165) is 11.8 Å². The molecule has 8 heteroatoms. The highest BCUT2D eigenvalue weighted by Gasteiger charge is 2.27. The largest absolute Gasteiger partial charge is 0.444 e. The van der Waals surface area contributed by atoms with E-state index in [-0.39, 0.29) is 5.82 Å². The molecule has 0 spiro atoms. The van der Waals surface area contributed by atoms with Crippen molar-refractivity contribution < 1.29 is 18.7 Å². The Hall–Kier alpha value is -3.81. The lowest BCUT2D eigenvalue weighted by Crippen LogP contribution is -2.45. The Morgan fingerprint density at radius 3 is 2.36 bits per heavy atom. The van der Waals surface area contributed by atoms with Crippen LogP contribution in [-0.4, -0.2) is 45.6 Å². The lowest BCUT2D eigenvalue weighted by Gasteiger charge is -2.28. The van der Waals surface area contributed by atoms with Crippen LogP contribution in [0.25, 0.3) is 22.4 Å². The molecule has 3 rings (SSSR count). The zero-order chi connectivity index (χ0) is 24.2. The Morgan fingerprint density at radius 1 is 1.03 bits per heavy atom. The summed E-state index contributed by atoms with van der Waals surface area (Å²) in [5.74, 6) is -0.641. The maximum atomic E-state index is 13.8. The van der Waals surface area contributed by atoms with Gasteiger partial charge in [-0.3, -0.25) is 14.7 Å². The van der Waals surface area contributed by atoms with Crippen molar-refractivity contribution in [3.05, 3.63) is 66.7 Å². The van der Waals surface area contributed by atoms with Gasteiger partial charge in [0.05, 0.1) is 11.9 Å². The van der Waals surface area contributed by atoms with Crippen molar-refractivity contribution in [3.8, 4) is 22.4 Å². The molecular formula is C25H27FN4O3. The molecule has 7 nitrogen and oxygen atoms in total. The number of nitrogens with zero attached hydrogens (tertiary/aromatic N) is 3. The lowest BCUT2D eigenvalue weighted by atomic mass is 10.0. The Morgan fingerprint density at radius 2 is 1.73 bits per heavy atom. The number of aromatic nitrogens is 2. The third-order valence-electron chi connectivity index (χ3n) is 4.83. The van der Waals surface area contributed by atoms with Gasteiger partial charge in [-0.15, -0.1) is 0 Å². The van der Waals surface area contributed by atoms with Crippen LogP contribution in [0.4, 0.5) is 15.0 Å². The second-order valence-electron chi connectivity index (χ2n) is 8.64. The smallest absolute Gasteiger partial charge is 0.410 e. The molecule has 2 amide bonds. The predicted molar refractivity (Wildman–Crippen MR) is 125 cm³/mol. The van der Waals surface area contributed by atoms with E-state index < -0.39 is 29.5 Å². The third kappa shape index (κ3) is 6.35. The minimum atomic E-state index is -0.818. The fourth-order valence-corrected chi connectivity index (χ4v) is 2.99. The van der Waals surface area contributed by atoms with Gasteiger partial charge >= 0.3 is 6.09 Å². The summed E-state index contributed by atoms with van der Waals surface area (Å²) < 4.78 is 19.1. The predicted octanol–water partition coefficient (Wildman–Crippen LogP) is 5.14. The molecular weight excluding hydrogens is 423 g/mol. The van der Waals surface area contributed by atoms with Gasteiger partial charge < -0.3 is 10.1 Å². The highest BCUT2D eigenvalue weighted by atomic mass is 19.1. The molecule has 0 bridgehead atoms. The molecule has 2 aromatic heterocycles.